The average Bonchev–Trinajstić information content (AvgIpc) is 2.29. The number of rotatable bonds is 7. The Morgan fingerprint density at radius 1 is 1.33 bits per heavy atom. The van der Waals surface area contributed by atoms with Crippen LogP contribution in [0.1, 0.15) is 19.4 Å². The van der Waals surface area contributed by atoms with Crippen LogP contribution in [-0.2, 0) is 4.79 Å². The van der Waals surface area contributed by atoms with Gasteiger partial charge in [-0.15, -0.1) is 11.8 Å². The Kier molecular flexibility index (Phi) is 6.22. The quantitative estimate of drug-likeness (QED) is 0.770. The lowest BCUT2D eigenvalue weighted by atomic mass is 10.2. The molecule has 0 unspecified atom stereocenters. The van der Waals surface area contributed by atoms with E-state index in [-0.39, 0.29) is 5.91 Å². The zero-order chi connectivity index (χ0) is 13.5. The van der Waals surface area contributed by atoms with Crippen molar-refractivity contribution in [2.45, 2.75) is 31.7 Å². The van der Waals surface area contributed by atoms with Crippen LogP contribution in [-0.4, -0.2) is 35.7 Å². The molecule has 0 saturated carbocycles. The number of thioether (sulfide) groups is 1. The van der Waals surface area contributed by atoms with Crippen molar-refractivity contribution in [1.82, 2.24) is 4.90 Å². The highest BCUT2D eigenvalue weighted by Crippen LogP contribution is 2.18. The molecule has 1 aromatic carbocycles. The van der Waals surface area contributed by atoms with Crippen LogP contribution in [0.3, 0.4) is 0 Å². The fraction of sp³-hybridized carbons (Fsp3) is 0.500. The molecule has 2 N–H and O–H groups in total. The fourth-order valence-electron chi connectivity index (χ4n) is 1.64. The van der Waals surface area contributed by atoms with Crippen LogP contribution < -0.4 is 5.73 Å². The SMILES string of the molecule is Cc1ccc(SCCN(CC(N)=O)C(C)C)cc1. The lowest BCUT2D eigenvalue weighted by Crippen LogP contribution is -2.39. The van der Waals surface area contributed by atoms with Gasteiger partial charge in [0, 0.05) is 23.2 Å². The molecule has 4 heteroatoms. The van der Waals surface area contributed by atoms with Crippen molar-refractivity contribution in [1.29, 1.82) is 0 Å². The van der Waals surface area contributed by atoms with Crippen molar-refractivity contribution in [2.75, 3.05) is 18.8 Å². The Labute approximate surface area is 114 Å². The Morgan fingerprint density at radius 3 is 2.44 bits per heavy atom. The second-order valence-corrected chi connectivity index (χ2v) is 5.86. The summed E-state index contributed by atoms with van der Waals surface area (Å²) in [5.41, 5.74) is 6.52. The third kappa shape index (κ3) is 5.56. The Hall–Kier alpha value is -1.00. The summed E-state index contributed by atoms with van der Waals surface area (Å²) in [6.45, 7) is 7.46. The van der Waals surface area contributed by atoms with Gasteiger partial charge in [0.1, 0.15) is 0 Å². The molecule has 0 aliphatic rings. The van der Waals surface area contributed by atoms with E-state index in [1.54, 1.807) is 0 Å². The van der Waals surface area contributed by atoms with Gasteiger partial charge in [0.05, 0.1) is 6.54 Å². The Balaban J connectivity index is 2.38. The first-order valence-electron chi connectivity index (χ1n) is 6.21. The highest BCUT2D eigenvalue weighted by Gasteiger charge is 2.11. The smallest absolute Gasteiger partial charge is 0.231 e. The molecule has 100 valence electrons. The molecule has 1 amide bonds. The maximum Gasteiger partial charge on any atom is 0.231 e. The van der Waals surface area contributed by atoms with Gasteiger partial charge in [0.15, 0.2) is 0 Å². The maximum atomic E-state index is 11.0. The van der Waals surface area contributed by atoms with Gasteiger partial charge in [-0.2, -0.15) is 0 Å². The van der Waals surface area contributed by atoms with Crippen molar-refractivity contribution in [3.05, 3.63) is 29.8 Å². The highest BCUT2D eigenvalue weighted by molar-refractivity contribution is 7.99. The van der Waals surface area contributed by atoms with Crippen molar-refractivity contribution in [3.63, 3.8) is 0 Å². The van der Waals surface area contributed by atoms with Gasteiger partial charge < -0.3 is 5.73 Å². The van der Waals surface area contributed by atoms with Gasteiger partial charge in [0.2, 0.25) is 5.91 Å². The zero-order valence-corrected chi connectivity index (χ0v) is 12.2. The van der Waals surface area contributed by atoms with Crippen molar-refractivity contribution in [2.24, 2.45) is 5.73 Å². The number of nitrogens with two attached hydrogens (primary N) is 1. The van der Waals surface area contributed by atoms with Crippen LogP contribution in [0.2, 0.25) is 0 Å². The van der Waals surface area contributed by atoms with Gasteiger partial charge in [0.25, 0.3) is 0 Å². The van der Waals surface area contributed by atoms with Gasteiger partial charge in [-0.05, 0) is 32.9 Å². The molecular formula is C14H22N2OS. The van der Waals surface area contributed by atoms with E-state index < -0.39 is 0 Å². The second kappa shape index (κ2) is 7.44. The van der Waals surface area contributed by atoms with E-state index >= 15 is 0 Å². The molecule has 18 heavy (non-hydrogen) atoms. The molecule has 0 fully saturated rings. The van der Waals surface area contributed by atoms with Crippen LogP contribution in [0.25, 0.3) is 0 Å². The Morgan fingerprint density at radius 2 is 1.94 bits per heavy atom. The highest BCUT2D eigenvalue weighted by atomic mass is 32.2. The summed E-state index contributed by atoms with van der Waals surface area (Å²) < 4.78 is 0. The summed E-state index contributed by atoms with van der Waals surface area (Å²) in [6, 6.07) is 8.84. The second-order valence-electron chi connectivity index (χ2n) is 4.69. The molecule has 0 bridgehead atoms. The largest absolute Gasteiger partial charge is 0.369 e. The van der Waals surface area contributed by atoms with E-state index in [2.05, 4.69) is 49.9 Å². The standard InChI is InChI=1S/C14H22N2OS/c1-11(2)16(10-14(15)17)8-9-18-13-6-4-12(3)5-7-13/h4-7,11H,8-10H2,1-3H3,(H2,15,17). The van der Waals surface area contributed by atoms with Gasteiger partial charge in [-0.3, -0.25) is 9.69 Å². The van der Waals surface area contributed by atoms with Crippen LogP contribution in [0, 0.1) is 6.92 Å². The predicted molar refractivity (Wildman–Crippen MR) is 77.8 cm³/mol. The van der Waals surface area contributed by atoms with Gasteiger partial charge in [-0.1, -0.05) is 17.7 Å². The summed E-state index contributed by atoms with van der Waals surface area (Å²) in [5.74, 6) is 0.707. The van der Waals surface area contributed by atoms with E-state index in [0.717, 1.165) is 12.3 Å². The van der Waals surface area contributed by atoms with Crippen molar-refractivity contribution < 1.29 is 4.79 Å². The molecule has 0 saturated heterocycles. The van der Waals surface area contributed by atoms with Crippen LogP contribution in [0.15, 0.2) is 29.2 Å². The number of hydrogen-bond acceptors (Lipinski definition) is 3. The summed E-state index contributed by atoms with van der Waals surface area (Å²) in [5, 5.41) is 0. The molecular weight excluding hydrogens is 244 g/mol. The van der Waals surface area contributed by atoms with E-state index in [4.69, 9.17) is 5.73 Å². The number of aryl methyl sites for hydroxylation is 1. The molecule has 0 spiro atoms. The number of hydrogen-bond donors (Lipinski definition) is 1. The molecule has 0 aliphatic heterocycles. The minimum atomic E-state index is -0.260. The number of benzene rings is 1. The molecule has 0 radical (unpaired) electrons. The van der Waals surface area contributed by atoms with E-state index in [1.807, 2.05) is 11.8 Å². The summed E-state index contributed by atoms with van der Waals surface area (Å²) in [4.78, 5) is 14.3. The minimum absolute atomic E-state index is 0.260. The molecule has 0 atom stereocenters. The molecule has 0 aliphatic carbocycles. The minimum Gasteiger partial charge on any atom is -0.369 e. The zero-order valence-electron chi connectivity index (χ0n) is 11.3. The third-order valence-electron chi connectivity index (χ3n) is 2.76. The first-order chi connectivity index (χ1) is 8.49. The molecule has 0 heterocycles. The first-order valence-corrected chi connectivity index (χ1v) is 7.19. The molecule has 1 rings (SSSR count). The monoisotopic (exact) mass is 266 g/mol. The lowest BCUT2D eigenvalue weighted by Gasteiger charge is -2.24. The number of amides is 1. The molecule has 0 aromatic heterocycles. The van der Waals surface area contributed by atoms with Crippen molar-refractivity contribution in [3.8, 4) is 0 Å². The van der Waals surface area contributed by atoms with E-state index in [1.165, 1.54) is 10.5 Å². The molecule has 3 nitrogen and oxygen atoms in total. The Bertz CT molecular complexity index is 376. The van der Waals surface area contributed by atoms with E-state index in [0.29, 0.717) is 12.6 Å². The average molecular weight is 266 g/mol. The summed E-state index contributed by atoms with van der Waals surface area (Å²) in [7, 11) is 0. The summed E-state index contributed by atoms with van der Waals surface area (Å²) in [6.07, 6.45) is 0. The first kappa shape index (κ1) is 15.1. The van der Waals surface area contributed by atoms with Crippen LogP contribution >= 0.6 is 11.8 Å². The van der Waals surface area contributed by atoms with Crippen LogP contribution in [0.4, 0.5) is 0 Å². The van der Waals surface area contributed by atoms with Gasteiger partial charge >= 0.3 is 0 Å². The predicted octanol–water partition coefficient (Wildman–Crippen LogP) is 2.28. The van der Waals surface area contributed by atoms with E-state index in [9.17, 15) is 4.79 Å². The van der Waals surface area contributed by atoms with Crippen LogP contribution in [0.5, 0.6) is 0 Å². The number of carbonyl (C=O) groups excluding carboxylic acids is 1. The summed E-state index contributed by atoms with van der Waals surface area (Å²) >= 11 is 1.81. The normalized spacial score (nSPS) is 11.2. The number of carbonyl (C=O) groups is 1. The van der Waals surface area contributed by atoms with Gasteiger partial charge in [-0.25, -0.2) is 0 Å². The number of primary amides is 1. The molecule has 1 aromatic rings. The maximum absolute atomic E-state index is 11.0. The lowest BCUT2D eigenvalue weighted by molar-refractivity contribution is -0.119. The van der Waals surface area contributed by atoms with Crippen molar-refractivity contribution >= 4 is 17.7 Å². The fourth-order valence-corrected chi connectivity index (χ4v) is 2.53. The number of nitrogens with zero attached hydrogens (tertiary/aromatic N) is 1. The third-order valence-corrected chi connectivity index (χ3v) is 3.75. The topological polar surface area (TPSA) is 46.3 Å².